The third kappa shape index (κ3) is 10.4. The van der Waals surface area contributed by atoms with Gasteiger partial charge in [-0.1, -0.05) is 36.4 Å². The maximum absolute atomic E-state index is 14.2. The second-order valence-electron chi connectivity index (χ2n) is 17.7. The largest absolute Gasteiger partial charge is 0.457 e. The average molecular weight is 1030 g/mol. The van der Waals surface area contributed by atoms with Crippen molar-refractivity contribution in [3.8, 4) is 46.0 Å². The summed E-state index contributed by atoms with van der Waals surface area (Å²) in [5.74, 6) is -3.63. The summed E-state index contributed by atoms with van der Waals surface area (Å²) in [6, 6.07) is 35.5. The number of anilines is 4. The maximum Gasteiger partial charge on any atom is 0.258 e. The highest BCUT2D eigenvalue weighted by atomic mass is 16.5. The van der Waals surface area contributed by atoms with Gasteiger partial charge in [0.05, 0.1) is 42.3 Å². The van der Waals surface area contributed by atoms with Crippen LogP contribution in [-0.4, -0.2) is 87.6 Å². The maximum atomic E-state index is 14.2. The molecule has 2 fully saturated rings. The molecule has 2 atom stereocenters. The number of nitrogens with zero attached hydrogens (tertiary/aromatic N) is 6. The second kappa shape index (κ2) is 20.8. The fourth-order valence-corrected chi connectivity index (χ4v) is 9.06. The SMILES string of the molecule is CC(=O)N(CN(C(C)=O)C1CC(=O)N(c2cccc(Oc3cccc(Oc4cccc(N5C(=O)C=CC5=O)c4)c3)c2)C1=O)C1CC(=O)N(c2cccc(Oc3cccc(Oc4cccc(N5C(=O)C=CC5=O)c4)c3)c2)C1=O. The summed E-state index contributed by atoms with van der Waals surface area (Å²) >= 11 is 0. The van der Waals surface area contributed by atoms with E-state index in [9.17, 15) is 47.9 Å². The zero-order chi connectivity index (χ0) is 54.1. The minimum absolute atomic E-state index is 0.132. The fraction of sp³-hybridized carbons (Fsp3) is 0.123. The van der Waals surface area contributed by atoms with Crippen LogP contribution in [0.2, 0.25) is 0 Å². The van der Waals surface area contributed by atoms with Gasteiger partial charge in [0.2, 0.25) is 23.6 Å². The molecule has 20 heteroatoms. The highest BCUT2D eigenvalue weighted by molar-refractivity contribution is 6.29. The zero-order valence-electron chi connectivity index (χ0n) is 40.8. The van der Waals surface area contributed by atoms with Gasteiger partial charge in [-0.05, 0) is 72.8 Å². The molecule has 0 aromatic heterocycles. The van der Waals surface area contributed by atoms with E-state index >= 15 is 0 Å². The van der Waals surface area contributed by atoms with E-state index in [0.29, 0.717) is 45.9 Å². The molecule has 4 aliphatic heterocycles. The van der Waals surface area contributed by atoms with Crippen LogP contribution < -0.4 is 38.5 Å². The van der Waals surface area contributed by atoms with Crippen LogP contribution in [0.1, 0.15) is 26.7 Å². The molecule has 0 radical (unpaired) electrons. The van der Waals surface area contributed by atoms with Crippen molar-refractivity contribution in [1.29, 1.82) is 0 Å². The Labute approximate surface area is 438 Å². The number of amides is 10. The Balaban J connectivity index is 0.791. The lowest BCUT2D eigenvalue weighted by Crippen LogP contribution is -2.54. The van der Waals surface area contributed by atoms with E-state index in [4.69, 9.17) is 18.9 Å². The summed E-state index contributed by atoms with van der Waals surface area (Å²) in [5, 5.41) is 0. The van der Waals surface area contributed by atoms with Gasteiger partial charge < -0.3 is 28.7 Å². The number of imide groups is 4. The summed E-state index contributed by atoms with van der Waals surface area (Å²) in [6.45, 7) is 1.72. The van der Waals surface area contributed by atoms with Gasteiger partial charge >= 0.3 is 0 Å². The second-order valence-corrected chi connectivity index (χ2v) is 17.7. The van der Waals surface area contributed by atoms with Crippen LogP contribution in [0.5, 0.6) is 46.0 Å². The topological polar surface area (TPSA) is 227 Å². The van der Waals surface area contributed by atoms with Crippen molar-refractivity contribution in [3.05, 3.63) is 170 Å². The molecule has 0 bridgehead atoms. The van der Waals surface area contributed by atoms with E-state index in [-0.39, 0.29) is 22.9 Å². The van der Waals surface area contributed by atoms with Crippen LogP contribution in [0.25, 0.3) is 0 Å². The average Bonchev–Trinajstić information content (AvgIpc) is 4.15. The van der Waals surface area contributed by atoms with Crippen molar-refractivity contribution in [2.75, 3.05) is 26.3 Å². The van der Waals surface area contributed by atoms with Crippen LogP contribution >= 0.6 is 0 Å². The number of hydrogen-bond acceptors (Lipinski definition) is 14. The van der Waals surface area contributed by atoms with Crippen molar-refractivity contribution in [2.45, 2.75) is 38.8 Å². The molecule has 4 aliphatic rings. The molecule has 0 aliphatic carbocycles. The molecule has 2 saturated heterocycles. The monoisotopic (exact) mass is 1030 g/mol. The molecule has 6 aromatic carbocycles. The molecule has 77 heavy (non-hydrogen) atoms. The van der Waals surface area contributed by atoms with Gasteiger partial charge in [-0.3, -0.25) is 47.9 Å². The summed E-state index contributed by atoms with van der Waals surface area (Å²) < 4.78 is 24.2. The van der Waals surface area contributed by atoms with Crippen molar-refractivity contribution in [2.24, 2.45) is 0 Å². The number of hydrogen-bond donors (Lipinski definition) is 0. The number of ether oxygens (including phenoxy) is 4. The van der Waals surface area contributed by atoms with Gasteiger partial charge in [0, 0.05) is 74.5 Å². The Morgan fingerprint density at radius 2 is 0.636 bits per heavy atom. The number of carbonyl (C=O) groups is 10. The summed E-state index contributed by atoms with van der Waals surface area (Å²) in [6.07, 6.45) is 3.82. The van der Waals surface area contributed by atoms with Crippen LogP contribution in [0, 0.1) is 0 Å². The summed E-state index contributed by atoms with van der Waals surface area (Å²) in [5.41, 5.74) is 0.918. The lowest BCUT2D eigenvalue weighted by molar-refractivity contribution is -0.147. The highest BCUT2D eigenvalue weighted by Crippen LogP contribution is 2.37. The third-order valence-corrected chi connectivity index (χ3v) is 12.6. The molecule has 0 saturated carbocycles. The number of benzene rings is 6. The molecule has 0 N–H and O–H groups in total. The molecule has 0 spiro atoms. The number of rotatable bonds is 16. The van der Waals surface area contributed by atoms with E-state index < -0.39 is 90.7 Å². The Morgan fingerprint density at radius 3 is 0.909 bits per heavy atom. The predicted molar refractivity (Wildman–Crippen MR) is 274 cm³/mol. The van der Waals surface area contributed by atoms with Crippen molar-refractivity contribution in [3.63, 3.8) is 0 Å². The highest BCUT2D eigenvalue weighted by Gasteiger charge is 2.48. The van der Waals surface area contributed by atoms with Gasteiger partial charge in [-0.15, -0.1) is 0 Å². The van der Waals surface area contributed by atoms with Crippen LogP contribution in [0.3, 0.4) is 0 Å². The molecule has 384 valence electrons. The molecule has 6 aromatic rings. The van der Waals surface area contributed by atoms with Gasteiger partial charge in [0.15, 0.2) is 0 Å². The van der Waals surface area contributed by atoms with E-state index in [1.807, 2.05) is 0 Å². The minimum atomic E-state index is -1.38. The first-order valence-electron chi connectivity index (χ1n) is 23.8. The first kappa shape index (κ1) is 50.1. The normalized spacial score (nSPS) is 17.0. The Bertz CT molecular complexity index is 3310. The molecule has 10 amide bonds. The quantitative estimate of drug-likeness (QED) is 0.0683. The first-order valence-corrected chi connectivity index (χ1v) is 23.8. The van der Waals surface area contributed by atoms with Gasteiger partial charge in [0.25, 0.3) is 35.4 Å². The molecular formula is C57H42N6O14. The Morgan fingerprint density at radius 1 is 0.390 bits per heavy atom. The number of carbonyl (C=O) groups excluding carboxylic acids is 10. The molecular weight excluding hydrogens is 993 g/mol. The standard InChI is InChI=1S/C57H42N6O14/c1-34(64)58(48-31-54(70)62(56(48)72)38-11-5-15-42(27-38)76-46-19-7-17-44(29-46)74-40-13-3-9-36(25-40)60-50(66)21-22-51(60)67)33-59(35(2)65)49-32-55(71)63(57(49)73)39-12-6-16-43(28-39)77-47-20-8-18-45(30-47)75-41-14-4-10-37(26-41)61-52(68)23-24-53(61)69/h3-30,48-49H,31-33H2,1-2H3. The van der Waals surface area contributed by atoms with Crippen LogP contribution in [0.15, 0.2) is 170 Å². The van der Waals surface area contributed by atoms with Crippen LogP contribution in [0.4, 0.5) is 22.7 Å². The molecule has 2 unspecified atom stereocenters. The van der Waals surface area contributed by atoms with Crippen molar-refractivity contribution in [1.82, 2.24) is 9.80 Å². The van der Waals surface area contributed by atoms with Crippen molar-refractivity contribution >= 4 is 81.8 Å². The van der Waals surface area contributed by atoms with Crippen molar-refractivity contribution < 1.29 is 66.9 Å². The zero-order valence-corrected chi connectivity index (χ0v) is 40.8. The lowest BCUT2D eigenvalue weighted by Gasteiger charge is -2.34. The molecule has 10 rings (SSSR count). The molecule has 20 nitrogen and oxygen atoms in total. The summed E-state index contributed by atoms with van der Waals surface area (Å²) in [4.78, 5) is 137. The lowest BCUT2D eigenvalue weighted by atomic mass is 10.2. The van der Waals surface area contributed by atoms with E-state index in [1.165, 1.54) is 48.6 Å². The van der Waals surface area contributed by atoms with Gasteiger partial charge in [0.1, 0.15) is 58.1 Å². The summed E-state index contributed by atoms with van der Waals surface area (Å²) in [7, 11) is 0. The van der Waals surface area contributed by atoms with E-state index in [0.717, 1.165) is 43.2 Å². The fourth-order valence-electron chi connectivity index (χ4n) is 9.06. The third-order valence-electron chi connectivity index (χ3n) is 12.6. The van der Waals surface area contributed by atoms with Gasteiger partial charge in [-0.2, -0.15) is 0 Å². The Hall–Kier alpha value is -10.5. The smallest absolute Gasteiger partial charge is 0.258 e. The Kier molecular flexibility index (Phi) is 13.5. The first-order chi connectivity index (χ1) is 37.1. The minimum Gasteiger partial charge on any atom is -0.457 e. The predicted octanol–water partition coefficient (Wildman–Crippen LogP) is 7.33. The molecule has 4 heterocycles. The van der Waals surface area contributed by atoms with E-state index in [2.05, 4.69) is 0 Å². The van der Waals surface area contributed by atoms with Gasteiger partial charge in [-0.25, -0.2) is 19.6 Å². The van der Waals surface area contributed by atoms with Crippen LogP contribution in [-0.2, 0) is 47.9 Å². The van der Waals surface area contributed by atoms with E-state index in [1.54, 1.807) is 121 Å².